The molecule has 2 aromatic rings. The first kappa shape index (κ1) is 18.9. The minimum absolute atomic E-state index is 0.0128. The monoisotopic (exact) mass is 362 g/mol. The summed E-state index contributed by atoms with van der Waals surface area (Å²) < 4.78 is 9.98. The predicted octanol–water partition coefficient (Wildman–Crippen LogP) is 2.14. The highest BCUT2D eigenvalue weighted by atomic mass is 16.6. The third-order valence-electron chi connectivity index (χ3n) is 3.42. The number of hydrogen-bond acceptors (Lipinski definition) is 8. The Morgan fingerprint density at radius 1 is 1.35 bits per heavy atom. The van der Waals surface area contributed by atoms with E-state index in [-0.39, 0.29) is 17.1 Å². The summed E-state index contributed by atoms with van der Waals surface area (Å²) in [7, 11) is 3.36. The van der Waals surface area contributed by atoms with Crippen molar-refractivity contribution in [1.82, 2.24) is 5.16 Å². The smallest absolute Gasteiger partial charge is 0.341 e. The molecular formula is C16H18N4O6. The Labute approximate surface area is 148 Å². The van der Waals surface area contributed by atoms with Gasteiger partial charge in [0.1, 0.15) is 5.76 Å². The van der Waals surface area contributed by atoms with Crippen molar-refractivity contribution in [3.63, 3.8) is 0 Å². The number of anilines is 2. The van der Waals surface area contributed by atoms with E-state index in [4.69, 9.17) is 9.26 Å². The van der Waals surface area contributed by atoms with Crippen LogP contribution in [0.4, 0.5) is 17.2 Å². The summed E-state index contributed by atoms with van der Waals surface area (Å²) in [4.78, 5) is 36.5. The molecule has 138 valence electrons. The van der Waals surface area contributed by atoms with Crippen molar-refractivity contribution in [2.45, 2.75) is 20.0 Å². The van der Waals surface area contributed by atoms with Crippen LogP contribution >= 0.6 is 0 Å². The molecular weight excluding hydrogens is 344 g/mol. The van der Waals surface area contributed by atoms with Crippen LogP contribution in [0.15, 0.2) is 28.8 Å². The van der Waals surface area contributed by atoms with E-state index < -0.39 is 22.9 Å². The van der Waals surface area contributed by atoms with Gasteiger partial charge in [0.25, 0.3) is 11.6 Å². The fraction of sp³-hybridized carbons (Fsp3) is 0.312. The van der Waals surface area contributed by atoms with Crippen molar-refractivity contribution in [3.05, 3.63) is 45.7 Å². The number of amides is 1. The lowest BCUT2D eigenvalue weighted by atomic mass is 10.1. The van der Waals surface area contributed by atoms with Crippen molar-refractivity contribution in [1.29, 1.82) is 0 Å². The molecule has 1 amide bonds. The molecule has 10 heteroatoms. The van der Waals surface area contributed by atoms with E-state index in [0.29, 0.717) is 11.4 Å². The zero-order valence-corrected chi connectivity index (χ0v) is 14.7. The van der Waals surface area contributed by atoms with Gasteiger partial charge in [-0.15, -0.1) is 0 Å². The van der Waals surface area contributed by atoms with Crippen LogP contribution in [0.25, 0.3) is 0 Å². The lowest BCUT2D eigenvalue weighted by molar-refractivity contribution is -0.384. The number of ether oxygens (including phenoxy) is 1. The number of nitro benzene ring substituents is 1. The van der Waals surface area contributed by atoms with E-state index >= 15 is 0 Å². The Bertz CT molecular complexity index is 845. The van der Waals surface area contributed by atoms with Gasteiger partial charge >= 0.3 is 5.97 Å². The molecule has 1 aromatic carbocycles. The van der Waals surface area contributed by atoms with Gasteiger partial charge in [-0.1, -0.05) is 5.16 Å². The van der Waals surface area contributed by atoms with Crippen LogP contribution in [0.2, 0.25) is 0 Å². The first-order valence-electron chi connectivity index (χ1n) is 7.60. The van der Waals surface area contributed by atoms with Gasteiger partial charge in [-0.2, -0.15) is 0 Å². The summed E-state index contributed by atoms with van der Waals surface area (Å²) >= 11 is 0. The average molecular weight is 362 g/mol. The summed E-state index contributed by atoms with van der Waals surface area (Å²) in [6.45, 7) is 3.05. The molecule has 0 saturated carbocycles. The number of nitrogens with zero attached hydrogens (tertiary/aromatic N) is 3. The van der Waals surface area contributed by atoms with Crippen LogP contribution in [-0.2, 0) is 9.53 Å². The maximum Gasteiger partial charge on any atom is 0.341 e. The van der Waals surface area contributed by atoms with Crippen molar-refractivity contribution in [2.24, 2.45) is 0 Å². The van der Waals surface area contributed by atoms with Crippen molar-refractivity contribution in [3.8, 4) is 0 Å². The second kappa shape index (κ2) is 7.64. The van der Waals surface area contributed by atoms with Crippen LogP contribution in [0.5, 0.6) is 0 Å². The molecule has 1 N–H and O–H groups in total. The number of aromatic nitrogens is 1. The molecule has 0 saturated heterocycles. The van der Waals surface area contributed by atoms with Crippen molar-refractivity contribution in [2.75, 3.05) is 24.3 Å². The number of carbonyl (C=O) groups excluding carboxylic acids is 2. The summed E-state index contributed by atoms with van der Waals surface area (Å²) in [6, 6.07) is 5.35. The van der Waals surface area contributed by atoms with Crippen LogP contribution in [0.1, 0.15) is 23.0 Å². The van der Waals surface area contributed by atoms with Crippen LogP contribution < -0.4 is 10.2 Å². The minimum atomic E-state index is -1.14. The number of nitro groups is 1. The maximum atomic E-state index is 12.4. The van der Waals surface area contributed by atoms with Gasteiger partial charge in [-0.25, -0.2) is 4.79 Å². The number of nitrogens with one attached hydrogen (secondary N) is 1. The molecule has 26 heavy (non-hydrogen) atoms. The van der Waals surface area contributed by atoms with E-state index in [1.807, 2.05) is 0 Å². The highest BCUT2D eigenvalue weighted by Crippen LogP contribution is 2.25. The normalized spacial score (nSPS) is 11.5. The maximum absolute atomic E-state index is 12.4. The first-order chi connectivity index (χ1) is 12.2. The van der Waals surface area contributed by atoms with Crippen molar-refractivity contribution >= 4 is 29.1 Å². The molecule has 0 aliphatic heterocycles. The Hall–Kier alpha value is -3.43. The van der Waals surface area contributed by atoms with Gasteiger partial charge in [0, 0.05) is 32.3 Å². The topological polar surface area (TPSA) is 128 Å². The molecule has 10 nitrogen and oxygen atoms in total. The first-order valence-corrected chi connectivity index (χ1v) is 7.60. The highest BCUT2D eigenvalue weighted by molar-refractivity contribution is 6.00. The quantitative estimate of drug-likeness (QED) is 0.470. The average Bonchev–Trinajstić information content (AvgIpc) is 2.98. The van der Waals surface area contributed by atoms with Gasteiger partial charge in [-0.3, -0.25) is 14.9 Å². The SMILES string of the molecule is Cc1cc(NC(=O)[C@@H](C)OC(=O)c2cc([N+](=O)[O-])ccc2N(C)C)no1. The molecule has 1 aromatic heterocycles. The zero-order chi connectivity index (χ0) is 19.4. The lowest BCUT2D eigenvalue weighted by Gasteiger charge is -2.18. The number of benzene rings is 1. The summed E-state index contributed by atoms with van der Waals surface area (Å²) in [6.07, 6.45) is -1.14. The lowest BCUT2D eigenvalue weighted by Crippen LogP contribution is -2.30. The zero-order valence-electron chi connectivity index (χ0n) is 14.7. The minimum Gasteiger partial charge on any atom is -0.449 e. The number of hydrogen-bond donors (Lipinski definition) is 1. The highest BCUT2D eigenvalue weighted by Gasteiger charge is 2.24. The van der Waals surface area contributed by atoms with Crippen molar-refractivity contribution < 1.29 is 23.8 Å². The summed E-state index contributed by atoms with van der Waals surface area (Å²) in [5, 5.41) is 17.0. The fourth-order valence-electron chi connectivity index (χ4n) is 2.12. The fourth-order valence-corrected chi connectivity index (χ4v) is 2.12. The molecule has 0 aliphatic rings. The van der Waals surface area contributed by atoms with Crippen LogP contribution in [0.3, 0.4) is 0 Å². The number of esters is 1. The molecule has 0 bridgehead atoms. The van der Waals surface area contributed by atoms with E-state index in [2.05, 4.69) is 10.5 Å². The van der Waals surface area contributed by atoms with Gasteiger partial charge in [0.05, 0.1) is 16.2 Å². The molecule has 0 radical (unpaired) electrons. The molecule has 0 spiro atoms. The van der Waals surface area contributed by atoms with Crippen LogP contribution in [0, 0.1) is 17.0 Å². The van der Waals surface area contributed by atoms with E-state index in [0.717, 1.165) is 6.07 Å². The number of rotatable bonds is 6. The Balaban J connectivity index is 2.16. The molecule has 0 aliphatic carbocycles. The Morgan fingerprint density at radius 3 is 2.58 bits per heavy atom. The summed E-state index contributed by atoms with van der Waals surface area (Å²) in [5.41, 5.74) is 0.166. The molecule has 0 unspecified atom stereocenters. The third-order valence-corrected chi connectivity index (χ3v) is 3.42. The van der Waals surface area contributed by atoms with Gasteiger partial charge in [0.15, 0.2) is 11.9 Å². The second-order valence-electron chi connectivity index (χ2n) is 5.71. The second-order valence-corrected chi connectivity index (χ2v) is 5.71. The largest absolute Gasteiger partial charge is 0.449 e. The molecule has 1 atom stereocenters. The molecule has 1 heterocycles. The predicted molar refractivity (Wildman–Crippen MR) is 92.2 cm³/mol. The van der Waals surface area contributed by atoms with Gasteiger partial charge in [-0.05, 0) is 19.9 Å². The number of non-ortho nitro benzene ring substituents is 1. The molecule has 2 rings (SSSR count). The number of carbonyl (C=O) groups is 2. The van der Waals surface area contributed by atoms with Gasteiger partial charge < -0.3 is 19.5 Å². The molecule has 0 fully saturated rings. The van der Waals surface area contributed by atoms with E-state index in [9.17, 15) is 19.7 Å². The van der Waals surface area contributed by atoms with E-state index in [1.54, 1.807) is 25.9 Å². The van der Waals surface area contributed by atoms with Crippen LogP contribution in [-0.4, -0.2) is 42.2 Å². The van der Waals surface area contributed by atoms with Gasteiger partial charge in [0.2, 0.25) is 0 Å². The Morgan fingerprint density at radius 2 is 2.04 bits per heavy atom. The van der Waals surface area contributed by atoms with E-state index in [1.165, 1.54) is 25.1 Å². The standard InChI is InChI=1S/C16H18N4O6/c1-9-7-14(18-26-9)17-15(21)10(2)25-16(22)12-8-11(20(23)24)5-6-13(12)19(3)4/h5-8,10H,1-4H3,(H,17,18,21)/t10-/m1/s1. The third kappa shape index (κ3) is 4.35. The number of aryl methyl sites for hydroxylation is 1. The Kier molecular flexibility index (Phi) is 5.55. The summed E-state index contributed by atoms with van der Waals surface area (Å²) in [5.74, 6) is -0.753.